The number of piperidine rings is 1. The zero-order valence-corrected chi connectivity index (χ0v) is 16.8. The Morgan fingerprint density at radius 1 is 1.10 bits per heavy atom. The fraction of sp³-hybridized carbons (Fsp3) is 0.364. The lowest BCUT2D eigenvalue weighted by Gasteiger charge is -2.32. The van der Waals surface area contributed by atoms with E-state index in [-0.39, 0.29) is 30.1 Å². The van der Waals surface area contributed by atoms with Crippen molar-refractivity contribution in [2.45, 2.75) is 38.3 Å². The molecule has 3 heterocycles. The van der Waals surface area contributed by atoms with Gasteiger partial charge in [0, 0.05) is 25.6 Å². The van der Waals surface area contributed by atoms with Gasteiger partial charge >= 0.3 is 0 Å². The second-order valence-electron chi connectivity index (χ2n) is 7.61. The maximum Gasteiger partial charge on any atom is 0.267 e. The molecule has 2 aliphatic heterocycles. The number of para-hydroxylation sites is 1. The Labute approximate surface area is 174 Å². The number of Topliss-reactive ketones (excluding diaryl/α,β-unsaturated/α-hetero) is 1. The van der Waals surface area contributed by atoms with Gasteiger partial charge in [0.15, 0.2) is 5.78 Å². The Bertz CT molecular complexity index is 947. The molecule has 1 aromatic heterocycles. The van der Waals surface area contributed by atoms with E-state index >= 15 is 0 Å². The first-order valence-electron chi connectivity index (χ1n) is 10.1. The van der Waals surface area contributed by atoms with Crippen molar-refractivity contribution in [2.75, 3.05) is 18.1 Å². The molecule has 0 spiro atoms. The number of carbonyl (C=O) groups is 3. The van der Waals surface area contributed by atoms with Gasteiger partial charge < -0.3 is 14.6 Å². The molecule has 2 aromatic rings. The number of benzene rings is 1. The van der Waals surface area contributed by atoms with Crippen LogP contribution >= 0.6 is 0 Å². The Balaban J connectivity index is 1.36. The van der Waals surface area contributed by atoms with Crippen molar-refractivity contribution in [3.05, 3.63) is 54.5 Å². The molecule has 4 rings (SSSR count). The number of hydrogen-bond acceptors (Lipinski definition) is 6. The van der Waals surface area contributed by atoms with Crippen LogP contribution in [0.4, 0.5) is 5.69 Å². The molecule has 0 aliphatic carbocycles. The zero-order chi connectivity index (χ0) is 21.1. The van der Waals surface area contributed by atoms with Gasteiger partial charge in [0.2, 0.25) is 0 Å². The minimum Gasteiger partial charge on any atom is -0.472 e. The Morgan fingerprint density at radius 3 is 2.47 bits per heavy atom. The van der Waals surface area contributed by atoms with Crippen molar-refractivity contribution in [2.24, 2.45) is 5.10 Å². The van der Waals surface area contributed by atoms with E-state index in [9.17, 15) is 14.4 Å². The lowest BCUT2D eigenvalue weighted by molar-refractivity contribution is -0.118. The Kier molecular flexibility index (Phi) is 5.65. The molecule has 1 atom stereocenters. The van der Waals surface area contributed by atoms with Crippen molar-refractivity contribution >= 4 is 29.0 Å². The van der Waals surface area contributed by atoms with Gasteiger partial charge in [-0.25, -0.2) is 0 Å². The first kappa shape index (κ1) is 19.9. The highest BCUT2D eigenvalue weighted by Crippen LogP contribution is 2.25. The van der Waals surface area contributed by atoms with Crippen molar-refractivity contribution in [1.82, 2.24) is 10.2 Å². The molecule has 0 bridgehead atoms. The van der Waals surface area contributed by atoms with Crippen LogP contribution in [0.15, 0.2) is 58.4 Å². The molecule has 1 aromatic carbocycles. The third-order valence-electron chi connectivity index (χ3n) is 5.55. The summed E-state index contributed by atoms with van der Waals surface area (Å²) >= 11 is 0. The predicted molar refractivity (Wildman–Crippen MR) is 111 cm³/mol. The van der Waals surface area contributed by atoms with Gasteiger partial charge in [-0.2, -0.15) is 5.10 Å². The number of nitrogens with zero attached hydrogens (tertiary/aromatic N) is 3. The molecule has 0 saturated carbocycles. The van der Waals surface area contributed by atoms with E-state index in [4.69, 9.17) is 4.42 Å². The lowest BCUT2D eigenvalue weighted by Crippen LogP contribution is -2.48. The number of likely N-dealkylation sites (tertiary alicyclic amines) is 1. The van der Waals surface area contributed by atoms with Gasteiger partial charge in [0.05, 0.1) is 17.5 Å². The molecule has 1 N–H and O–H groups in total. The summed E-state index contributed by atoms with van der Waals surface area (Å²) < 4.78 is 4.98. The Morgan fingerprint density at radius 2 is 1.83 bits per heavy atom. The van der Waals surface area contributed by atoms with E-state index in [1.165, 1.54) is 19.5 Å². The van der Waals surface area contributed by atoms with Gasteiger partial charge in [0.25, 0.3) is 11.8 Å². The zero-order valence-electron chi connectivity index (χ0n) is 16.8. The highest BCUT2D eigenvalue weighted by atomic mass is 16.3. The monoisotopic (exact) mass is 408 g/mol. The molecular formula is C22H24N4O4. The summed E-state index contributed by atoms with van der Waals surface area (Å²) in [5.74, 6) is -0.341. The van der Waals surface area contributed by atoms with Crippen LogP contribution in [0.2, 0.25) is 0 Å². The number of furan rings is 1. The fourth-order valence-corrected chi connectivity index (χ4v) is 3.85. The van der Waals surface area contributed by atoms with E-state index in [0.717, 1.165) is 5.69 Å². The van der Waals surface area contributed by atoms with Crippen molar-refractivity contribution < 1.29 is 18.8 Å². The summed E-state index contributed by atoms with van der Waals surface area (Å²) in [5, 5.41) is 9.10. The molecule has 2 amide bonds. The molecule has 8 heteroatoms. The third kappa shape index (κ3) is 4.12. The van der Waals surface area contributed by atoms with Crippen molar-refractivity contribution in [3.63, 3.8) is 0 Å². The van der Waals surface area contributed by atoms with Crippen LogP contribution in [0.1, 0.15) is 36.5 Å². The largest absolute Gasteiger partial charge is 0.472 e. The van der Waals surface area contributed by atoms with E-state index in [2.05, 4.69) is 10.4 Å². The topological polar surface area (TPSA) is 95.2 Å². The number of amides is 2. The lowest BCUT2D eigenvalue weighted by atomic mass is 10.0. The van der Waals surface area contributed by atoms with Gasteiger partial charge in [-0.1, -0.05) is 18.2 Å². The van der Waals surface area contributed by atoms with Crippen molar-refractivity contribution in [3.8, 4) is 0 Å². The first-order chi connectivity index (χ1) is 14.5. The molecule has 1 fully saturated rings. The molecular weight excluding hydrogens is 384 g/mol. The van der Waals surface area contributed by atoms with E-state index in [0.29, 0.717) is 37.2 Å². The summed E-state index contributed by atoms with van der Waals surface area (Å²) in [5.41, 5.74) is 1.68. The minimum atomic E-state index is -0.470. The van der Waals surface area contributed by atoms with Crippen LogP contribution in [0.5, 0.6) is 0 Å². The molecule has 1 saturated heterocycles. The number of hydrazone groups is 1. The average molecular weight is 408 g/mol. The van der Waals surface area contributed by atoms with Gasteiger partial charge in [-0.15, -0.1) is 0 Å². The van der Waals surface area contributed by atoms with E-state index in [1.807, 2.05) is 30.3 Å². The van der Waals surface area contributed by atoms with E-state index in [1.54, 1.807) is 16.0 Å². The summed E-state index contributed by atoms with van der Waals surface area (Å²) in [6.45, 7) is 2.64. The number of carbonyl (C=O) groups excluding carboxylic acids is 3. The number of hydrogen-bond donors (Lipinski definition) is 1. The van der Waals surface area contributed by atoms with Crippen LogP contribution in [-0.2, 0) is 9.59 Å². The van der Waals surface area contributed by atoms with Gasteiger partial charge in [-0.3, -0.25) is 19.4 Å². The van der Waals surface area contributed by atoms with E-state index < -0.39 is 6.04 Å². The maximum absolute atomic E-state index is 12.8. The summed E-state index contributed by atoms with van der Waals surface area (Å²) in [7, 11) is 0. The van der Waals surface area contributed by atoms with Gasteiger partial charge in [0.1, 0.15) is 18.0 Å². The normalized spacial score (nSPS) is 19.5. The SMILES string of the molecule is CC(=O)C1CC(C(=O)NC2CCN(C(=O)c3ccoc3)CC2)=NN1c1ccccc1. The molecule has 1 unspecified atom stereocenters. The summed E-state index contributed by atoms with van der Waals surface area (Å²) in [4.78, 5) is 39.0. The van der Waals surface area contributed by atoms with Gasteiger partial charge in [-0.05, 0) is 38.0 Å². The average Bonchev–Trinajstić information content (AvgIpc) is 3.45. The highest BCUT2D eigenvalue weighted by molar-refractivity contribution is 6.40. The summed E-state index contributed by atoms with van der Waals surface area (Å²) in [6.07, 6.45) is 4.55. The second kappa shape index (κ2) is 8.52. The smallest absolute Gasteiger partial charge is 0.267 e. The second-order valence-corrected chi connectivity index (χ2v) is 7.61. The molecule has 8 nitrogen and oxygen atoms in total. The molecule has 156 valence electrons. The molecule has 30 heavy (non-hydrogen) atoms. The van der Waals surface area contributed by atoms with Crippen molar-refractivity contribution in [1.29, 1.82) is 0 Å². The standard InChI is InChI=1S/C22H24N4O4/c1-15(27)20-13-19(24-26(20)18-5-3-2-4-6-18)21(28)23-17-7-10-25(11-8-17)22(29)16-9-12-30-14-16/h2-6,9,12,14,17,20H,7-8,10-11,13H2,1H3,(H,23,28). The van der Waals surface area contributed by atoms with Crippen LogP contribution < -0.4 is 10.3 Å². The van der Waals surface area contributed by atoms with Crippen LogP contribution in [-0.4, -0.2) is 53.4 Å². The Hall–Kier alpha value is -3.42. The van der Waals surface area contributed by atoms with Crippen LogP contribution in [0, 0.1) is 0 Å². The molecule has 0 radical (unpaired) electrons. The quantitative estimate of drug-likeness (QED) is 0.819. The van der Waals surface area contributed by atoms with Crippen LogP contribution in [0.25, 0.3) is 0 Å². The fourth-order valence-electron chi connectivity index (χ4n) is 3.85. The number of anilines is 1. The first-order valence-corrected chi connectivity index (χ1v) is 10.1. The predicted octanol–water partition coefficient (Wildman–Crippen LogP) is 2.22. The number of nitrogens with one attached hydrogen (secondary N) is 1. The third-order valence-corrected chi connectivity index (χ3v) is 5.55. The summed E-state index contributed by atoms with van der Waals surface area (Å²) in [6, 6.07) is 10.5. The number of rotatable bonds is 5. The maximum atomic E-state index is 12.8. The highest BCUT2D eigenvalue weighted by Gasteiger charge is 2.35. The number of ketones is 1. The van der Waals surface area contributed by atoms with Crippen LogP contribution in [0.3, 0.4) is 0 Å². The minimum absolute atomic E-state index is 0.0310. The molecule has 2 aliphatic rings.